The molecule has 68 valence electrons. The lowest BCUT2D eigenvalue weighted by atomic mass is 10.1. The van der Waals surface area contributed by atoms with Gasteiger partial charge in [-0.15, -0.1) is 0 Å². The van der Waals surface area contributed by atoms with Crippen molar-refractivity contribution >= 4 is 23.6 Å². The number of carbonyl (C=O) groups is 1. The average Bonchev–Trinajstić information content (AvgIpc) is 2.09. The second-order valence-electron chi connectivity index (χ2n) is 2.50. The highest BCUT2D eigenvalue weighted by molar-refractivity contribution is 6.34. The van der Waals surface area contributed by atoms with Crippen molar-refractivity contribution in [2.45, 2.75) is 6.92 Å². The van der Waals surface area contributed by atoms with Gasteiger partial charge in [-0.1, -0.05) is 17.7 Å². The van der Waals surface area contributed by atoms with Crippen molar-refractivity contribution in [3.05, 3.63) is 38.4 Å². The van der Waals surface area contributed by atoms with E-state index in [0.717, 1.165) is 0 Å². The predicted molar refractivity (Wildman–Crippen MR) is 48.2 cm³/mol. The molecule has 0 aromatic heterocycles. The third kappa shape index (κ3) is 1.67. The maximum Gasteiger partial charge on any atom is 0.281 e. The van der Waals surface area contributed by atoms with Crippen molar-refractivity contribution in [1.82, 2.24) is 0 Å². The van der Waals surface area contributed by atoms with Crippen LogP contribution in [0.4, 0.5) is 5.69 Å². The molecule has 1 aromatic carbocycles. The fourth-order valence-electron chi connectivity index (χ4n) is 0.963. The van der Waals surface area contributed by atoms with Gasteiger partial charge in [-0.2, -0.15) is 0 Å². The molecule has 1 aromatic rings. The first-order valence-corrected chi connectivity index (χ1v) is 3.84. The van der Waals surface area contributed by atoms with E-state index >= 15 is 0 Å². The molecule has 0 heterocycles. The van der Waals surface area contributed by atoms with Crippen LogP contribution in [0.25, 0.3) is 0 Å². The number of carbonyl (C=O) groups excluding carboxylic acids is 1. The molecule has 1 rings (SSSR count). The van der Waals surface area contributed by atoms with E-state index in [2.05, 4.69) is 0 Å². The summed E-state index contributed by atoms with van der Waals surface area (Å²) in [6, 6.07) is 2.78. The molecule has 0 unspecified atom stereocenters. The smallest absolute Gasteiger partial charge is 0.281 e. The summed E-state index contributed by atoms with van der Waals surface area (Å²) >= 11 is 5.71. The van der Waals surface area contributed by atoms with Crippen LogP contribution in [0.3, 0.4) is 0 Å². The number of nitro groups is 1. The van der Waals surface area contributed by atoms with E-state index in [4.69, 9.17) is 11.6 Å². The molecular formula is C8H6ClNO3. The van der Waals surface area contributed by atoms with Gasteiger partial charge in [-0.3, -0.25) is 14.9 Å². The lowest BCUT2D eigenvalue weighted by Crippen LogP contribution is -1.96. The van der Waals surface area contributed by atoms with Crippen molar-refractivity contribution in [1.29, 1.82) is 0 Å². The fraction of sp³-hybridized carbons (Fsp3) is 0.125. The minimum atomic E-state index is -0.630. The molecule has 0 aliphatic rings. The van der Waals surface area contributed by atoms with Crippen LogP contribution in [0.5, 0.6) is 0 Å². The molecule has 5 heteroatoms. The number of nitro benzene ring substituents is 1. The van der Waals surface area contributed by atoms with Crippen molar-refractivity contribution in [2.75, 3.05) is 0 Å². The molecule has 0 aliphatic carbocycles. The minimum Gasteiger partial charge on any atom is -0.298 e. The van der Waals surface area contributed by atoms with Gasteiger partial charge >= 0.3 is 0 Å². The zero-order valence-electron chi connectivity index (χ0n) is 6.78. The van der Waals surface area contributed by atoms with Gasteiger partial charge in [-0.25, -0.2) is 0 Å². The van der Waals surface area contributed by atoms with Gasteiger partial charge in [0.1, 0.15) is 5.56 Å². The zero-order valence-corrected chi connectivity index (χ0v) is 7.54. The van der Waals surface area contributed by atoms with Crippen molar-refractivity contribution in [3.63, 3.8) is 0 Å². The van der Waals surface area contributed by atoms with E-state index in [1.54, 1.807) is 6.92 Å². The van der Waals surface area contributed by atoms with E-state index < -0.39 is 4.92 Å². The fourth-order valence-corrected chi connectivity index (χ4v) is 1.17. The molecule has 0 radical (unpaired) electrons. The summed E-state index contributed by atoms with van der Waals surface area (Å²) in [6.07, 6.45) is 0.396. The Morgan fingerprint density at radius 3 is 2.62 bits per heavy atom. The van der Waals surface area contributed by atoms with Crippen LogP contribution in [0, 0.1) is 17.0 Å². The van der Waals surface area contributed by atoms with Crippen molar-refractivity contribution in [2.24, 2.45) is 0 Å². The maximum atomic E-state index is 10.5. The van der Waals surface area contributed by atoms with Gasteiger partial charge < -0.3 is 0 Å². The third-order valence-electron chi connectivity index (χ3n) is 1.66. The summed E-state index contributed by atoms with van der Waals surface area (Å²) in [6.45, 7) is 1.68. The largest absolute Gasteiger partial charge is 0.298 e. The van der Waals surface area contributed by atoms with Crippen LogP contribution in [0.15, 0.2) is 12.1 Å². The Morgan fingerprint density at radius 2 is 2.15 bits per heavy atom. The van der Waals surface area contributed by atoms with Crippen molar-refractivity contribution in [3.8, 4) is 0 Å². The molecule has 0 saturated carbocycles. The summed E-state index contributed by atoms with van der Waals surface area (Å²) in [4.78, 5) is 20.3. The van der Waals surface area contributed by atoms with Crippen LogP contribution >= 0.6 is 11.6 Å². The predicted octanol–water partition coefficient (Wildman–Crippen LogP) is 2.37. The normalized spacial score (nSPS) is 9.69. The number of benzene rings is 1. The summed E-state index contributed by atoms with van der Waals surface area (Å²) in [5.74, 6) is 0. The lowest BCUT2D eigenvalue weighted by molar-refractivity contribution is -0.385. The number of hydrogen-bond donors (Lipinski definition) is 0. The van der Waals surface area contributed by atoms with Crippen molar-refractivity contribution < 1.29 is 9.72 Å². The first kappa shape index (κ1) is 9.67. The highest BCUT2D eigenvalue weighted by atomic mass is 35.5. The van der Waals surface area contributed by atoms with E-state index in [9.17, 15) is 14.9 Å². The second kappa shape index (κ2) is 3.53. The quantitative estimate of drug-likeness (QED) is 0.417. The summed E-state index contributed by atoms with van der Waals surface area (Å²) in [5, 5.41) is 10.6. The Bertz CT molecular complexity index is 376. The molecular weight excluding hydrogens is 194 g/mol. The maximum absolute atomic E-state index is 10.5. The zero-order chi connectivity index (χ0) is 10.0. The minimum absolute atomic E-state index is 0.0633. The number of halogens is 1. The standard InChI is InChI=1S/C8H6ClNO3/c1-5-2-3-7(10(12)13)6(4-11)8(5)9/h2-4H,1H3. The number of rotatable bonds is 2. The highest BCUT2D eigenvalue weighted by Gasteiger charge is 2.17. The molecule has 13 heavy (non-hydrogen) atoms. The summed E-state index contributed by atoms with van der Waals surface area (Å²) in [7, 11) is 0. The first-order valence-electron chi connectivity index (χ1n) is 3.46. The molecule has 0 spiro atoms. The average molecular weight is 200 g/mol. The van der Waals surface area contributed by atoms with E-state index in [1.165, 1.54) is 12.1 Å². The molecule has 0 atom stereocenters. The Labute approximate surface area is 79.3 Å². The van der Waals surface area contributed by atoms with E-state index in [-0.39, 0.29) is 16.3 Å². The van der Waals surface area contributed by atoms with Gasteiger partial charge in [0, 0.05) is 6.07 Å². The monoisotopic (exact) mass is 199 g/mol. The SMILES string of the molecule is Cc1ccc([N+](=O)[O-])c(C=O)c1Cl. The van der Waals surface area contributed by atoms with Gasteiger partial charge in [0.2, 0.25) is 0 Å². The molecule has 0 fully saturated rings. The van der Waals surface area contributed by atoms with E-state index in [0.29, 0.717) is 11.8 Å². The molecule has 0 N–H and O–H groups in total. The third-order valence-corrected chi connectivity index (χ3v) is 2.17. The number of hydrogen-bond acceptors (Lipinski definition) is 3. The van der Waals surface area contributed by atoms with Gasteiger partial charge in [0.25, 0.3) is 5.69 Å². The van der Waals surface area contributed by atoms with Gasteiger partial charge in [0.05, 0.1) is 9.95 Å². The summed E-state index contributed by atoms with van der Waals surface area (Å²) in [5.41, 5.74) is 0.326. The van der Waals surface area contributed by atoms with Gasteiger partial charge in [-0.05, 0) is 12.5 Å². The van der Waals surface area contributed by atoms with Gasteiger partial charge in [0.15, 0.2) is 6.29 Å². The highest BCUT2D eigenvalue weighted by Crippen LogP contribution is 2.27. The van der Waals surface area contributed by atoms with Crippen LogP contribution in [-0.4, -0.2) is 11.2 Å². The molecule has 0 amide bonds. The lowest BCUT2D eigenvalue weighted by Gasteiger charge is -2.00. The second-order valence-corrected chi connectivity index (χ2v) is 2.88. The van der Waals surface area contributed by atoms with E-state index in [1.807, 2.05) is 0 Å². The topological polar surface area (TPSA) is 60.2 Å². The Balaban J connectivity index is 3.47. The Morgan fingerprint density at radius 1 is 1.54 bits per heavy atom. The number of aldehydes is 1. The molecule has 0 aliphatic heterocycles. The molecule has 0 bridgehead atoms. The van der Waals surface area contributed by atoms with Crippen LogP contribution in [-0.2, 0) is 0 Å². The van der Waals surface area contributed by atoms with Crippen LogP contribution in [0.2, 0.25) is 5.02 Å². The van der Waals surface area contributed by atoms with Crippen LogP contribution < -0.4 is 0 Å². The Hall–Kier alpha value is -1.42. The Kier molecular flexibility index (Phi) is 2.63. The molecule has 4 nitrogen and oxygen atoms in total. The first-order chi connectivity index (χ1) is 6.07. The number of nitrogens with zero attached hydrogens (tertiary/aromatic N) is 1. The summed E-state index contributed by atoms with van der Waals surface area (Å²) < 4.78 is 0. The number of aryl methyl sites for hydroxylation is 1. The van der Waals surface area contributed by atoms with Crippen LogP contribution in [0.1, 0.15) is 15.9 Å². The molecule has 0 saturated heterocycles.